The van der Waals surface area contributed by atoms with Crippen LogP contribution in [0, 0.1) is 0 Å². The van der Waals surface area contributed by atoms with Crippen LogP contribution in [0.3, 0.4) is 0 Å². The Labute approximate surface area is 143 Å². The van der Waals surface area contributed by atoms with Crippen molar-refractivity contribution in [3.8, 4) is 0 Å². The topological polar surface area (TPSA) is 52.7 Å². The highest BCUT2D eigenvalue weighted by atomic mass is 16.2. The van der Waals surface area contributed by atoms with Crippen LogP contribution in [-0.2, 0) is 0 Å². The normalized spacial score (nSPS) is 23.9. The molecule has 1 aliphatic carbocycles. The van der Waals surface area contributed by atoms with Gasteiger partial charge in [0.1, 0.15) is 6.17 Å². The first-order chi connectivity index (χ1) is 11.6. The predicted octanol–water partition coefficient (Wildman–Crippen LogP) is 2.76. The summed E-state index contributed by atoms with van der Waals surface area (Å²) < 4.78 is 0. The summed E-state index contributed by atoms with van der Waals surface area (Å²) in [5, 5.41) is 3.16. The van der Waals surface area contributed by atoms with Gasteiger partial charge in [-0.1, -0.05) is 19.3 Å². The maximum Gasteiger partial charge on any atom is 0.257 e. The molecule has 2 heterocycles. The van der Waals surface area contributed by atoms with Crippen LogP contribution < -0.4 is 10.2 Å². The first kappa shape index (κ1) is 15.5. The van der Waals surface area contributed by atoms with Crippen LogP contribution >= 0.6 is 0 Å². The lowest BCUT2D eigenvalue weighted by Gasteiger charge is -2.40. The molecule has 1 saturated carbocycles. The van der Waals surface area contributed by atoms with Gasteiger partial charge < -0.3 is 15.1 Å². The minimum atomic E-state index is -0.0144. The highest BCUT2D eigenvalue weighted by molar-refractivity contribution is 6.04. The number of nitrogens with one attached hydrogen (secondary N) is 1. The molecule has 0 radical (unpaired) electrons. The fourth-order valence-corrected chi connectivity index (χ4v) is 4.37. The Morgan fingerprint density at radius 2 is 1.92 bits per heavy atom. The van der Waals surface area contributed by atoms with Crippen LogP contribution in [0.15, 0.2) is 18.2 Å². The van der Waals surface area contributed by atoms with Crippen LogP contribution in [0.5, 0.6) is 0 Å². The molecule has 5 nitrogen and oxygen atoms in total. The van der Waals surface area contributed by atoms with Gasteiger partial charge >= 0.3 is 0 Å². The Bertz CT molecular complexity index is 667. The zero-order valence-corrected chi connectivity index (χ0v) is 14.3. The summed E-state index contributed by atoms with van der Waals surface area (Å²) in [6.07, 6.45) is 8.01. The van der Waals surface area contributed by atoms with E-state index < -0.39 is 0 Å². The van der Waals surface area contributed by atoms with Crippen LogP contribution in [0.4, 0.5) is 5.69 Å². The van der Waals surface area contributed by atoms with Crippen LogP contribution in [-0.4, -0.2) is 42.5 Å². The quantitative estimate of drug-likeness (QED) is 0.909. The highest BCUT2D eigenvalue weighted by Gasteiger charge is 2.38. The lowest BCUT2D eigenvalue weighted by atomic mass is 9.95. The van der Waals surface area contributed by atoms with E-state index in [1.807, 2.05) is 24.1 Å². The van der Waals surface area contributed by atoms with Crippen LogP contribution in [0.2, 0.25) is 0 Å². The van der Waals surface area contributed by atoms with Gasteiger partial charge in [-0.25, -0.2) is 0 Å². The number of anilines is 1. The summed E-state index contributed by atoms with van der Waals surface area (Å²) in [6, 6.07) is 5.80. The van der Waals surface area contributed by atoms with Gasteiger partial charge in [0.2, 0.25) is 0 Å². The van der Waals surface area contributed by atoms with E-state index in [4.69, 9.17) is 0 Å². The van der Waals surface area contributed by atoms with Gasteiger partial charge in [0, 0.05) is 25.2 Å². The van der Waals surface area contributed by atoms with Crippen molar-refractivity contribution in [1.29, 1.82) is 0 Å². The fraction of sp³-hybridized carbons (Fsp3) is 0.579. The molecule has 0 aromatic heterocycles. The summed E-state index contributed by atoms with van der Waals surface area (Å²) >= 11 is 0. The van der Waals surface area contributed by atoms with E-state index in [9.17, 15) is 9.59 Å². The summed E-state index contributed by atoms with van der Waals surface area (Å²) in [4.78, 5) is 29.3. The van der Waals surface area contributed by atoms with Crippen molar-refractivity contribution in [3.05, 3.63) is 29.3 Å². The van der Waals surface area contributed by atoms with E-state index in [2.05, 4.69) is 10.2 Å². The average molecular weight is 327 g/mol. The molecule has 24 heavy (non-hydrogen) atoms. The van der Waals surface area contributed by atoms with Crippen molar-refractivity contribution in [3.63, 3.8) is 0 Å². The number of hydrogen-bond acceptors (Lipinski definition) is 3. The van der Waals surface area contributed by atoms with Crippen molar-refractivity contribution in [2.45, 2.75) is 57.2 Å². The molecule has 0 spiro atoms. The van der Waals surface area contributed by atoms with Crippen molar-refractivity contribution in [1.82, 2.24) is 10.2 Å². The maximum atomic E-state index is 12.6. The van der Waals surface area contributed by atoms with Crippen LogP contribution in [0.25, 0.3) is 0 Å². The van der Waals surface area contributed by atoms with E-state index in [1.165, 1.54) is 19.3 Å². The first-order valence-corrected chi connectivity index (χ1v) is 9.14. The third-order valence-electron chi connectivity index (χ3n) is 5.74. The second kappa shape index (κ2) is 6.11. The molecule has 3 aliphatic rings. The van der Waals surface area contributed by atoms with Gasteiger partial charge in [0.25, 0.3) is 11.8 Å². The molecule has 1 unspecified atom stereocenters. The standard InChI is InChI=1S/C19H25N3O2/c1-21-16-12-13(18(23)20-14-6-3-2-4-7-14)9-10-15(16)19(24)22-11-5-8-17(21)22/h9-10,12,14,17H,2-8,11H2,1H3,(H,20,23). The largest absolute Gasteiger partial charge is 0.354 e. The zero-order chi connectivity index (χ0) is 16.7. The van der Waals surface area contributed by atoms with E-state index in [0.717, 1.165) is 37.9 Å². The van der Waals surface area contributed by atoms with Gasteiger partial charge in [0.05, 0.1) is 11.3 Å². The molecule has 1 aromatic rings. The maximum absolute atomic E-state index is 12.6. The van der Waals surface area contributed by atoms with Crippen LogP contribution in [0.1, 0.15) is 65.7 Å². The number of benzene rings is 1. The Hall–Kier alpha value is -2.04. The van der Waals surface area contributed by atoms with Crippen molar-refractivity contribution < 1.29 is 9.59 Å². The molecule has 128 valence electrons. The van der Waals surface area contributed by atoms with Crippen molar-refractivity contribution >= 4 is 17.5 Å². The number of hydrogen-bond donors (Lipinski definition) is 1. The SMILES string of the molecule is CN1c2cc(C(=O)NC3CCCCC3)ccc2C(=O)N2CCCC21. The Morgan fingerprint density at radius 1 is 1.12 bits per heavy atom. The Kier molecular flexibility index (Phi) is 3.94. The monoisotopic (exact) mass is 327 g/mol. The van der Waals surface area contributed by atoms with E-state index in [0.29, 0.717) is 17.2 Å². The number of carbonyl (C=O) groups excluding carboxylic acids is 2. The second-order valence-electron chi connectivity index (χ2n) is 7.27. The minimum absolute atomic E-state index is 0.0144. The molecule has 1 aromatic carbocycles. The number of nitrogens with zero attached hydrogens (tertiary/aromatic N) is 2. The second-order valence-corrected chi connectivity index (χ2v) is 7.27. The molecule has 0 bridgehead atoms. The summed E-state index contributed by atoms with van der Waals surface area (Å²) in [6.45, 7) is 0.831. The molecule has 5 heteroatoms. The molecule has 2 aliphatic heterocycles. The van der Waals surface area contributed by atoms with Gasteiger partial charge in [-0.3, -0.25) is 9.59 Å². The summed E-state index contributed by atoms with van der Waals surface area (Å²) in [5.41, 5.74) is 2.26. The number of rotatable bonds is 2. The van der Waals surface area contributed by atoms with E-state index in [1.54, 1.807) is 6.07 Å². The van der Waals surface area contributed by atoms with Gasteiger partial charge in [-0.05, 0) is 43.9 Å². The fourth-order valence-electron chi connectivity index (χ4n) is 4.37. The van der Waals surface area contributed by atoms with E-state index in [-0.39, 0.29) is 18.0 Å². The Balaban J connectivity index is 1.57. The molecule has 2 amide bonds. The third kappa shape index (κ3) is 2.56. The van der Waals surface area contributed by atoms with Gasteiger partial charge in [0.15, 0.2) is 0 Å². The number of carbonyl (C=O) groups is 2. The molecule has 1 atom stereocenters. The number of fused-ring (bicyclic) bond motifs is 2. The van der Waals surface area contributed by atoms with E-state index >= 15 is 0 Å². The lowest BCUT2D eigenvalue weighted by Crippen LogP contribution is -2.50. The molecule has 1 saturated heterocycles. The molecule has 2 fully saturated rings. The summed E-state index contributed by atoms with van der Waals surface area (Å²) in [5.74, 6) is 0.0873. The molecule has 1 N–H and O–H groups in total. The third-order valence-corrected chi connectivity index (χ3v) is 5.74. The lowest BCUT2D eigenvalue weighted by molar-refractivity contribution is 0.0719. The molecule has 4 rings (SSSR count). The first-order valence-electron chi connectivity index (χ1n) is 9.14. The van der Waals surface area contributed by atoms with Gasteiger partial charge in [-0.2, -0.15) is 0 Å². The zero-order valence-electron chi connectivity index (χ0n) is 14.3. The number of amides is 2. The minimum Gasteiger partial charge on any atom is -0.354 e. The Morgan fingerprint density at radius 3 is 2.71 bits per heavy atom. The predicted molar refractivity (Wildman–Crippen MR) is 93.2 cm³/mol. The molecular weight excluding hydrogens is 302 g/mol. The smallest absolute Gasteiger partial charge is 0.257 e. The van der Waals surface area contributed by atoms with Crippen molar-refractivity contribution in [2.24, 2.45) is 0 Å². The van der Waals surface area contributed by atoms with Crippen molar-refractivity contribution in [2.75, 3.05) is 18.5 Å². The molecular formula is C19H25N3O2. The summed E-state index contributed by atoms with van der Waals surface area (Å²) in [7, 11) is 2.02. The average Bonchev–Trinajstić information content (AvgIpc) is 3.10. The highest BCUT2D eigenvalue weighted by Crippen LogP contribution is 2.35. The van der Waals surface area contributed by atoms with Gasteiger partial charge in [-0.15, -0.1) is 0 Å².